The highest BCUT2D eigenvalue weighted by atomic mass is 19.1. The average molecular weight is 286 g/mol. The van der Waals surface area contributed by atoms with E-state index in [9.17, 15) is 14.3 Å². The third kappa shape index (κ3) is 3.48. The summed E-state index contributed by atoms with van der Waals surface area (Å²) in [5, 5.41) is 9.66. The van der Waals surface area contributed by atoms with E-state index in [1.165, 1.54) is 37.5 Å². The van der Waals surface area contributed by atoms with Gasteiger partial charge in [0.1, 0.15) is 5.82 Å². The smallest absolute Gasteiger partial charge is 0.185 e. The van der Waals surface area contributed by atoms with Crippen molar-refractivity contribution < 1.29 is 19.0 Å². The molecule has 108 valence electrons. The highest BCUT2D eigenvalue weighted by Gasteiger charge is 2.05. The molecule has 2 aromatic carbocycles. The van der Waals surface area contributed by atoms with Crippen LogP contribution in [0, 0.1) is 12.7 Å². The van der Waals surface area contributed by atoms with Crippen LogP contribution in [0.4, 0.5) is 4.39 Å². The first-order valence-electron chi connectivity index (χ1n) is 6.37. The van der Waals surface area contributed by atoms with E-state index in [0.29, 0.717) is 22.4 Å². The molecule has 0 bridgehead atoms. The quantitative estimate of drug-likeness (QED) is 0.688. The van der Waals surface area contributed by atoms with Crippen molar-refractivity contribution in [1.29, 1.82) is 0 Å². The Bertz CT molecular complexity index is 705. The maximum Gasteiger partial charge on any atom is 0.185 e. The molecule has 0 aliphatic carbocycles. The number of hydrogen-bond acceptors (Lipinski definition) is 3. The number of allylic oxidation sites excluding steroid dienone is 1. The fourth-order valence-electron chi connectivity index (χ4n) is 1.88. The minimum absolute atomic E-state index is 0.00438. The zero-order valence-corrected chi connectivity index (χ0v) is 11.8. The molecule has 0 radical (unpaired) electrons. The Balaban J connectivity index is 2.18. The Morgan fingerprint density at radius 3 is 2.62 bits per heavy atom. The van der Waals surface area contributed by atoms with Crippen LogP contribution in [0.1, 0.15) is 21.5 Å². The third-order valence-corrected chi connectivity index (χ3v) is 3.07. The van der Waals surface area contributed by atoms with Gasteiger partial charge in [-0.2, -0.15) is 0 Å². The molecule has 2 rings (SSSR count). The van der Waals surface area contributed by atoms with Crippen LogP contribution in [-0.2, 0) is 0 Å². The lowest BCUT2D eigenvalue weighted by atomic mass is 10.1. The first-order valence-corrected chi connectivity index (χ1v) is 6.37. The maximum atomic E-state index is 13.2. The SMILES string of the molecule is COc1ccc(/C=C/C(=O)c2ccc(F)c(C)c2)cc1O. The molecule has 0 aliphatic heterocycles. The molecule has 0 unspecified atom stereocenters. The number of aromatic hydroxyl groups is 1. The molecular weight excluding hydrogens is 271 g/mol. The summed E-state index contributed by atoms with van der Waals surface area (Å²) in [6.07, 6.45) is 2.97. The number of aryl methyl sites for hydroxylation is 1. The Kier molecular flexibility index (Phi) is 4.38. The average Bonchev–Trinajstić information content (AvgIpc) is 2.47. The van der Waals surface area contributed by atoms with E-state index in [4.69, 9.17) is 4.74 Å². The van der Waals surface area contributed by atoms with Crippen LogP contribution in [0.25, 0.3) is 6.08 Å². The van der Waals surface area contributed by atoms with Crippen molar-refractivity contribution >= 4 is 11.9 Å². The lowest BCUT2D eigenvalue weighted by Crippen LogP contribution is -1.96. The van der Waals surface area contributed by atoms with Crippen LogP contribution in [0.2, 0.25) is 0 Å². The Labute approximate surface area is 122 Å². The summed E-state index contributed by atoms with van der Waals surface area (Å²) < 4.78 is 18.1. The van der Waals surface area contributed by atoms with Crippen LogP contribution >= 0.6 is 0 Å². The predicted molar refractivity (Wildman–Crippen MR) is 79.2 cm³/mol. The molecule has 0 fully saturated rings. The maximum absolute atomic E-state index is 13.2. The van der Waals surface area contributed by atoms with Crippen LogP contribution < -0.4 is 4.74 Å². The number of hydrogen-bond donors (Lipinski definition) is 1. The van der Waals surface area contributed by atoms with Gasteiger partial charge in [-0.1, -0.05) is 12.1 Å². The van der Waals surface area contributed by atoms with Gasteiger partial charge in [-0.05, 0) is 54.5 Å². The second kappa shape index (κ2) is 6.22. The first-order chi connectivity index (χ1) is 10.0. The molecule has 0 spiro atoms. The van der Waals surface area contributed by atoms with Crippen molar-refractivity contribution in [3.05, 3.63) is 65.0 Å². The van der Waals surface area contributed by atoms with Crippen LogP contribution in [0.3, 0.4) is 0 Å². The van der Waals surface area contributed by atoms with Gasteiger partial charge in [0.15, 0.2) is 17.3 Å². The van der Waals surface area contributed by atoms with Gasteiger partial charge in [0.05, 0.1) is 7.11 Å². The van der Waals surface area contributed by atoms with Gasteiger partial charge < -0.3 is 9.84 Å². The van der Waals surface area contributed by atoms with Gasteiger partial charge in [-0.25, -0.2) is 4.39 Å². The number of ether oxygens (including phenoxy) is 1. The molecule has 0 aromatic heterocycles. The zero-order chi connectivity index (χ0) is 15.4. The molecule has 4 heteroatoms. The van der Waals surface area contributed by atoms with Crippen molar-refractivity contribution in [3.63, 3.8) is 0 Å². The number of benzene rings is 2. The first kappa shape index (κ1) is 14.8. The molecule has 21 heavy (non-hydrogen) atoms. The summed E-state index contributed by atoms with van der Waals surface area (Å²) in [6, 6.07) is 9.06. The van der Waals surface area contributed by atoms with Gasteiger partial charge in [0.25, 0.3) is 0 Å². The standard InChI is InChI=1S/C17H15FO3/c1-11-9-13(5-6-14(11)18)15(19)7-3-12-4-8-17(21-2)16(20)10-12/h3-10,20H,1-2H3/b7-3+. The number of ketones is 1. The van der Waals surface area contributed by atoms with Crippen molar-refractivity contribution in [2.75, 3.05) is 7.11 Å². The summed E-state index contributed by atoms with van der Waals surface area (Å²) in [7, 11) is 1.46. The van der Waals surface area contributed by atoms with E-state index >= 15 is 0 Å². The number of phenolic OH excluding ortho intramolecular Hbond substituents is 1. The summed E-state index contributed by atoms with van der Waals surface area (Å²) in [5.41, 5.74) is 1.51. The zero-order valence-electron chi connectivity index (χ0n) is 11.8. The molecule has 0 saturated heterocycles. The Hall–Kier alpha value is -2.62. The number of halogens is 1. The normalized spacial score (nSPS) is 10.8. The van der Waals surface area contributed by atoms with Gasteiger partial charge in [0, 0.05) is 5.56 Å². The number of methoxy groups -OCH3 is 1. The lowest BCUT2D eigenvalue weighted by molar-refractivity contribution is 0.104. The number of rotatable bonds is 4. The summed E-state index contributed by atoms with van der Waals surface area (Å²) in [5.74, 6) is -0.193. The minimum atomic E-state index is -0.337. The van der Waals surface area contributed by atoms with Gasteiger partial charge in [0.2, 0.25) is 0 Å². The lowest BCUT2D eigenvalue weighted by Gasteiger charge is -2.03. The second-order valence-corrected chi connectivity index (χ2v) is 4.59. The van der Waals surface area contributed by atoms with Crippen molar-refractivity contribution in [2.45, 2.75) is 6.92 Å². The third-order valence-electron chi connectivity index (χ3n) is 3.07. The topological polar surface area (TPSA) is 46.5 Å². The van der Waals surface area contributed by atoms with Crippen molar-refractivity contribution in [3.8, 4) is 11.5 Å². The molecular formula is C17H15FO3. The summed E-state index contributed by atoms with van der Waals surface area (Å²) in [4.78, 5) is 12.0. The van der Waals surface area contributed by atoms with Crippen LogP contribution in [-0.4, -0.2) is 18.0 Å². The van der Waals surface area contributed by atoms with Gasteiger partial charge >= 0.3 is 0 Å². The Morgan fingerprint density at radius 1 is 1.24 bits per heavy atom. The molecule has 0 amide bonds. The monoisotopic (exact) mass is 286 g/mol. The number of carbonyl (C=O) groups excluding carboxylic acids is 1. The highest BCUT2D eigenvalue weighted by molar-refractivity contribution is 6.06. The minimum Gasteiger partial charge on any atom is -0.504 e. The van der Waals surface area contributed by atoms with E-state index in [0.717, 1.165) is 0 Å². The highest BCUT2D eigenvalue weighted by Crippen LogP contribution is 2.26. The van der Waals surface area contributed by atoms with Crippen LogP contribution in [0.15, 0.2) is 42.5 Å². The van der Waals surface area contributed by atoms with E-state index in [1.54, 1.807) is 25.1 Å². The van der Waals surface area contributed by atoms with E-state index in [-0.39, 0.29) is 17.3 Å². The largest absolute Gasteiger partial charge is 0.504 e. The second-order valence-electron chi connectivity index (χ2n) is 4.59. The van der Waals surface area contributed by atoms with Gasteiger partial charge in [-0.15, -0.1) is 0 Å². The molecule has 0 aliphatic rings. The van der Waals surface area contributed by atoms with Gasteiger partial charge in [-0.3, -0.25) is 4.79 Å². The molecule has 0 heterocycles. The number of phenols is 1. The summed E-state index contributed by atoms with van der Waals surface area (Å²) in [6.45, 7) is 1.61. The molecule has 2 aromatic rings. The number of carbonyl (C=O) groups is 1. The molecule has 0 atom stereocenters. The molecule has 3 nitrogen and oxygen atoms in total. The van der Waals surface area contributed by atoms with Crippen molar-refractivity contribution in [2.24, 2.45) is 0 Å². The van der Waals surface area contributed by atoms with E-state index < -0.39 is 0 Å². The predicted octanol–water partition coefficient (Wildman–Crippen LogP) is 3.74. The van der Waals surface area contributed by atoms with E-state index in [2.05, 4.69) is 0 Å². The Morgan fingerprint density at radius 2 is 2.00 bits per heavy atom. The molecule has 0 saturated carbocycles. The van der Waals surface area contributed by atoms with Crippen molar-refractivity contribution in [1.82, 2.24) is 0 Å². The van der Waals surface area contributed by atoms with E-state index in [1.807, 2.05) is 0 Å². The van der Waals surface area contributed by atoms with Crippen LogP contribution in [0.5, 0.6) is 11.5 Å². The molecule has 1 N–H and O–H groups in total. The fraction of sp³-hybridized carbons (Fsp3) is 0.118. The fourth-order valence-corrected chi connectivity index (χ4v) is 1.88. The summed E-state index contributed by atoms with van der Waals surface area (Å²) >= 11 is 0.